The second-order valence-electron chi connectivity index (χ2n) is 28.0. The van der Waals surface area contributed by atoms with Gasteiger partial charge in [-0.15, -0.1) is 0 Å². The molecule has 0 amide bonds. The zero-order valence-corrected chi connectivity index (χ0v) is 53.3. The molecule has 0 spiro atoms. The van der Waals surface area contributed by atoms with Crippen molar-refractivity contribution in [2.24, 2.45) is 0 Å². The van der Waals surface area contributed by atoms with Gasteiger partial charge < -0.3 is 19.4 Å². The standard InChI is InChI=1S/C84H80B2N4OS/c1-7-27-57(28-8-1)58-47-49-64(50-48-58)88(73-43-23-19-39-67(73)59-29-9-2-10-30-59)65-51-77-83-80(53-65)91-79-46-26-22-42-70(79)86(83)71-55-72-81(56-76(71)90(77)74-44-24-20-40-68(74)60-31-11-3-12-32-60)92-82-54-66(87(61-33-13-4-14-34-61)62-35-15-5-16-36-62)52-78-84(82)85(72)69-41-21-25-45-75(69)89(78)63-37-17-6-18-38-63/h1-18,20-22,24-38,40-42,44-47,55-56,64-67,72-73,77-78,80-84H,19,23,39,43,48-54H2. The molecule has 4 heterocycles. The monoisotopic (exact) mass is 1210 g/mol. The lowest BCUT2D eigenvalue weighted by Crippen LogP contribution is -2.68. The van der Waals surface area contributed by atoms with Gasteiger partial charge in [-0.05, 0) is 164 Å². The van der Waals surface area contributed by atoms with E-state index < -0.39 is 0 Å². The molecule has 4 aliphatic heterocycles. The highest BCUT2D eigenvalue weighted by molar-refractivity contribution is 8.01. The Kier molecular flexibility index (Phi) is 14.8. The second-order valence-corrected chi connectivity index (χ2v) is 29.4. The lowest BCUT2D eigenvalue weighted by molar-refractivity contribution is -0.00765. The van der Waals surface area contributed by atoms with E-state index >= 15 is 0 Å². The van der Waals surface area contributed by atoms with E-state index in [1.807, 2.05) is 0 Å². The number of hydrogen-bond donors (Lipinski definition) is 0. The van der Waals surface area contributed by atoms with Crippen LogP contribution in [0.3, 0.4) is 0 Å². The molecule has 0 radical (unpaired) electrons. The summed E-state index contributed by atoms with van der Waals surface area (Å²) < 4.78 is 7.80. The topological polar surface area (TPSA) is 22.2 Å². The van der Waals surface area contributed by atoms with Crippen LogP contribution in [0.25, 0.3) is 16.7 Å². The maximum absolute atomic E-state index is 7.80. The van der Waals surface area contributed by atoms with Gasteiger partial charge >= 0.3 is 0 Å². The van der Waals surface area contributed by atoms with Gasteiger partial charge in [0.05, 0.1) is 6.10 Å². The van der Waals surface area contributed by atoms with Gasteiger partial charge in [-0.3, -0.25) is 4.90 Å². The van der Waals surface area contributed by atoms with Crippen LogP contribution >= 0.6 is 11.8 Å². The normalized spacial score (nSPS) is 28.3. The third-order valence-electron chi connectivity index (χ3n) is 23.5. The maximum atomic E-state index is 7.80. The first-order valence-corrected chi connectivity index (χ1v) is 35.8. The Morgan fingerprint density at radius 2 is 1.10 bits per heavy atom. The molecule has 8 heteroatoms. The molecule has 13 unspecified atom stereocenters. The van der Waals surface area contributed by atoms with Crippen LogP contribution in [0.5, 0.6) is 5.75 Å². The van der Waals surface area contributed by atoms with Gasteiger partial charge in [0.15, 0.2) is 6.71 Å². The Bertz CT molecular complexity index is 4170. The summed E-state index contributed by atoms with van der Waals surface area (Å²) in [6, 6.07) is 98.7. The zero-order chi connectivity index (χ0) is 60.6. The molecule has 0 N–H and O–H groups in total. The molecule has 9 aromatic carbocycles. The fourth-order valence-corrected chi connectivity index (χ4v) is 21.9. The van der Waals surface area contributed by atoms with Gasteiger partial charge in [0.2, 0.25) is 6.71 Å². The Balaban J connectivity index is 0.815. The molecule has 2 saturated heterocycles. The summed E-state index contributed by atoms with van der Waals surface area (Å²) in [4.78, 5) is 11.7. The minimum absolute atomic E-state index is 0.0299. The SMILES string of the molecule is C1=C2B3c4ccccc4OC4CC(N(C5CC=C(c6ccccc6)CC5)C5CCCCC5c5ccccc5)CC(C34)N(c3ccccc3-c3ccccc3)C2=CC2SC3CC(N(c4ccccc4)c4ccccc4)CC4C3B(c3ccccc3N4c3ccccc3)C12. The first kappa shape index (κ1) is 56.6. The number of anilines is 5. The third-order valence-corrected chi connectivity index (χ3v) is 25.1. The molecule has 5 nitrogen and oxygen atoms in total. The molecular formula is C84H80B2N4OS. The minimum atomic E-state index is 0.0299. The number of rotatable bonds is 11. The highest BCUT2D eigenvalue weighted by Crippen LogP contribution is 2.62. The number of fused-ring (bicyclic) bond motifs is 8. The first-order valence-electron chi connectivity index (χ1n) is 34.8. The summed E-state index contributed by atoms with van der Waals surface area (Å²) in [6.45, 7) is 0.521. The molecular weight excluding hydrogens is 1130 g/mol. The zero-order valence-electron chi connectivity index (χ0n) is 52.5. The van der Waals surface area contributed by atoms with E-state index in [2.05, 4.69) is 304 Å². The predicted molar refractivity (Wildman–Crippen MR) is 388 cm³/mol. The maximum Gasteiger partial charge on any atom is 0.225 e. The van der Waals surface area contributed by atoms with Crippen LogP contribution in [0, 0.1) is 0 Å². The lowest BCUT2D eigenvalue weighted by atomic mass is 9.23. The van der Waals surface area contributed by atoms with Crippen molar-refractivity contribution in [2.45, 2.75) is 147 Å². The molecule has 0 aromatic heterocycles. The second kappa shape index (κ2) is 24.1. The van der Waals surface area contributed by atoms with Crippen LogP contribution in [0.15, 0.2) is 284 Å². The van der Waals surface area contributed by atoms with Crippen molar-refractivity contribution >= 4 is 70.1 Å². The summed E-state index contributed by atoms with van der Waals surface area (Å²) in [7, 11) is 0. The number of thioether (sulfide) groups is 1. The lowest BCUT2D eigenvalue weighted by Gasteiger charge is -2.62. The number of hydrogen-bond acceptors (Lipinski definition) is 6. The van der Waals surface area contributed by atoms with Gasteiger partial charge in [0.25, 0.3) is 0 Å². The van der Waals surface area contributed by atoms with Crippen molar-refractivity contribution in [1.82, 2.24) is 4.90 Å². The molecule has 0 bridgehead atoms. The number of para-hydroxylation sites is 6. The van der Waals surface area contributed by atoms with Crippen LogP contribution in [0.2, 0.25) is 17.5 Å². The van der Waals surface area contributed by atoms with Gasteiger partial charge in [0.1, 0.15) is 5.75 Å². The molecule has 3 saturated carbocycles. The largest absolute Gasteiger partial charge is 0.491 e. The predicted octanol–water partition coefficient (Wildman–Crippen LogP) is 18.4. The van der Waals surface area contributed by atoms with Crippen molar-refractivity contribution in [1.29, 1.82) is 0 Å². The first-order chi connectivity index (χ1) is 45.7. The van der Waals surface area contributed by atoms with E-state index in [9.17, 15) is 0 Å². The van der Waals surface area contributed by atoms with Crippen molar-refractivity contribution in [2.75, 3.05) is 14.7 Å². The summed E-state index contributed by atoms with van der Waals surface area (Å²) in [5, 5.41) is 0.650. The fourth-order valence-electron chi connectivity index (χ4n) is 20.0. The highest BCUT2D eigenvalue weighted by atomic mass is 32.2. The average Bonchev–Trinajstić information content (AvgIpc) is 0.704. The van der Waals surface area contributed by atoms with E-state index in [1.54, 1.807) is 0 Å². The van der Waals surface area contributed by atoms with Crippen LogP contribution in [0.4, 0.5) is 28.4 Å². The van der Waals surface area contributed by atoms with Gasteiger partial charge in [-0.1, -0.05) is 236 Å². The van der Waals surface area contributed by atoms with Crippen molar-refractivity contribution in [3.63, 3.8) is 0 Å². The third kappa shape index (κ3) is 9.78. The van der Waals surface area contributed by atoms with E-state index in [-0.39, 0.29) is 42.0 Å². The van der Waals surface area contributed by atoms with E-state index in [0.29, 0.717) is 47.6 Å². The molecule has 9 aromatic rings. The molecule has 5 aliphatic carbocycles. The quantitative estimate of drug-likeness (QED) is 0.120. The summed E-state index contributed by atoms with van der Waals surface area (Å²) in [6.07, 6.45) is 21.1. The van der Waals surface area contributed by atoms with Crippen LogP contribution in [-0.2, 0) is 0 Å². The Morgan fingerprint density at radius 1 is 0.489 bits per heavy atom. The molecule has 13 atom stereocenters. The smallest absolute Gasteiger partial charge is 0.225 e. The number of benzene rings is 9. The number of allylic oxidation sites excluding steroid dienone is 3. The van der Waals surface area contributed by atoms with Crippen molar-refractivity contribution in [3.8, 4) is 16.9 Å². The van der Waals surface area contributed by atoms with Crippen molar-refractivity contribution < 1.29 is 4.74 Å². The van der Waals surface area contributed by atoms with Gasteiger partial charge in [-0.2, -0.15) is 11.8 Å². The van der Waals surface area contributed by atoms with Gasteiger partial charge in [0, 0.05) is 92.3 Å². The van der Waals surface area contributed by atoms with Gasteiger partial charge in [-0.25, -0.2) is 0 Å². The molecule has 92 heavy (non-hydrogen) atoms. The fraction of sp³-hybridized carbons (Fsp3) is 0.286. The van der Waals surface area contributed by atoms with E-state index in [0.717, 1.165) is 44.3 Å². The molecule has 5 fully saturated rings. The summed E-state index contributed by atoms with van der Waals surface area (Å²) in [5.74, 6) is 2.54. The number of ether oxygens (including phenoxy) is 1. The average molecular weight is 1220 g/mol. The van der Waals surface area contributed by atoms with Crippen LogP contribution in [-0.4, -0.2) is 71.2 Å². The Labute approximate surface area is 550 Å². The van der Waals surface area contributed by atoms with E-state index in [4.69, 9.17) is 4.74 Å². The van der Waals surface area contributed by atoms with Crippen LogP contribution in [0.1, 0.15) is 87.7 Å². The van der Waals surface area contributed by atoms with Crippen LogP contribution < -0.4 is 30.4 Å². The van der Waals surface area contributed by atoms with E-state index in [1.165, 1.54) is 110 Å². The molecule has 9 aliphatic rings. The Hall–Kier alpha value is -8.16. The number of nitrogens with zero attached hydrogens (tertiary/aromatic N) is 4. The van der Waals surface area contributed by atoms with Crippen molar-refractivity contribution in [3.05, 3.63) is 295 Å². The minimum Gasteiger partial charge on any atom is -0.491 e. The Morgan fingerprint density at radius 3 is 1.83 bits per heavy atom. The summed E-state index contributed by atoms with van der Waals surface area (Å²) >= 11 is 2.33. The molecule has 454 valence electrons. The summed E-state index contributed by atoms with van der Waals surface area (Å²) in [5.41, 5.74) is 19.4. The highest BCUT2D eigenvalue weighted by Gasteiger charge is 2.63. The molecule has 18 rings (SSSR count).